The maximum Gasteiger partial charge on any atom is 0.257 e. The molecule has 5 nitrogen and oxygen atoms in total. The Morgan fingerprint density at radius 2 is 1.83 bits per heavy atom. The average Bonchev–Trinajstić information content (AvgIpc) is 3.02. The molecule has 0 unspecified atom stereocenters. The number of rotatable bonds is 4. The number of aliphatic imine (C=N–C) groups is 1. The lowest BCUT2D eigenvalue weighted by atomic mass is 10.1. The standard InChI is InChI=1S/C17H14N4OS/c1-12-7-5-6-10-14(12)15(22)19-17-21-20-16(23-17)18-11-13-8-3-2-4-9-13/h2-11H,1H3,(H,19,21,22). The lowest BCUT2D eigenvalue weighted by Gasteiger charge is -2.03. The second-order valence-corrected chi connectivity index (χ2v) is 5.78. The van der Waals surface area contributed by atoms with E-state index in [1.54, 1.807) is 12.3 Å². The fraction of sp³-hybridized carbons (Fsp3) is 0.0588. The zero-order valence-electron chi connectivity index (χ0n) is 12.4. The monoisotopic (exact) mass is 322 g/mol. The zero-order valence-corrected chi connectivity index (χ0v) is 13.2. The van der Waals surface area contributed by atoms with Gasteiger partial charge in [-0.05, 0) is 24.1 Å². The van der Waals surface area contributed by atoms with E-state index in [2.05, 4.69) is 20.5 Å². The molecule has 0 saturated carbocycles. The maximum absolute atomic E-state index is 12.2. The van der Waals surface area contributed by atoms with Crippen LogP contribution in [0.25, 0.3) is 0 Å². The van der Waals surface area contributed by atoms with E-state index in [9.17, 15) is 4.79 Å². The first-order valence-electron chi connectivity index (χ1n) is 7.02. The molecule has 0 aliphatic heterocycles. The van der Waals surface area contributed by atoms with Gasteiger partial charge in [0.15, 0.2) is 0 Å². The van der Waals surface area contributed by atoms with E-state index >= 15 is 0 Å². The van der Waals surface area contributed by atoms with Gasteiger partial charge in [-0.15, -0.1) is 10.2 Å². The number of carbonyl (C=O) groups is 1. The number of anilines is 1. The quantitative estimate of drug-likeness (QED) is 0.742. The highest BCUT2D eigenvalue weighted by molar-refractivity contribution is 7.18. The second kappa shape index (κ2) is 6.93. The minimum absolute atomic E-state index is 0.196. The summed E-state index contributed by atoms with van der Waals surface area (Å²) in [5.74, 6) is -0.196. The number of hydrogen-bond donors (Lipinski definition) is 1. The fourth-order valence-electron chi connectivity index (χ4n) is 1.98. The van der Waals surface area contributed by atoms with Gasteiger partial charge in [0, 0.05) is 11.8 Å². The molecule has 0 spiro atoms. The molecule has 1 aromatic heterocycles. The van der Waals surface area contributed by atoms with Gasteiger partial charge in [-0.3, -0.25) is 10.1 Å². The summed E-state index contributed by atoms with van der Waals surface area (Å²) in [7, 11) is 0. The molecule has 3 rings (SSSR count). The summed E-state index contributed by atoms with van der Waals surface area (Å²) in [6, 6.07) is 17.1. The molecule has 1 N–H and O–H groups in total. The summed E-state index contributed by atoms with van der Waals surface area (Å²) in [6.07, 6.45) is 1.72. The third kappa shape index (κ3) is 3.87. The van der Waals surface area contributed by atoms with Gasteiger partial charge < -0.3 is 0 Å². The summed E-state index contributed by atoms with van der Waals surface area (Å²) in [5, 5.41) is 11.6. The van der Waals surface area contributed by atoms with Crippen molar-refractivity contribution in [1.29, 1.82) is 0 Å². The van der Waals surface area contributed by atoms with Gasteiger partial charge in [0.25, 0.3) is 5.91 Å². The van der Waals surface area contributed by atoms with Gasteiger partial charge in [0.1, 0.15) is 0 Å². The van der Waals surface area contributed by atoms with Crippen LogP contribution in [0.5, 0.6) is 0 Å². The summed E-state index contributed by atoms with van der Waals surface area (Å²) < 4.78 is 0. The molecule has 0 aliphatic carbocycles. The normalized spacial score (nSPS) is 10.8. The smallest absolute Gasteiger partial charge is 0.257 e. The molecule has 6 heteroatoms. The molecule has 3 aromatic rings. The first kappa shape index (κ1) is 15.1. The molecule has 0 aliphatic rings. The lowest BCUT2D eigenvalue weighted by Crippen LogP contribution is -2.12. The number of nitrogens with one attached hydrogen (secondary N) is 1. The lowest BCUT2D eigenvalue weighted by molar-refractivity contribution is 0.102. The minimum Gasteiger partial charge on any atom is -0.296 e. The van der Waals surface area contributed by atoms with E-state index < -0.39 is 0 Å². The molecule has 1 heterocycles. The van der Waals surface area contributed by atoms with Crippen molar-refractivity contribution in [3.63, 3.8) is 0 Å². The zero-order chi connectivity index (χ0) is 16.1. The van der Waals surface area contributed by atoms with E-state index in [-0.39, 0.29) is 5.91 Å². The van der Waals surface area contributed by atoms with E-state index in [4.69, 9.17) is 0 Å². The first-order chi connectivity index (χ1) is 11.2. The molecule has 23 heavy (non-hydrogen) atoms. The summed E-state index contributed by atoms with van der Waals surface area (Å²) in [6.45, 7) is 1.89. The third-order valence-electron chi connectivity index (χ3n) is 3.15. The minimum atomic E-state index is -0.196. The van der Waals surface area contributed by atoms with Gasteiger partial charge in [-0.1, -0.05) is 59.9 Å². The second-order valence-electron chi connectivity index (χ2n) is 4.83. The molecule has 1 amide bonds. The van der Waals surface area contributed by atoms with Crippen molar-refractivity contribution in [2.24, 2.45) is 4.99 Å². The van der Waals surface area contributed by atoms with Crippen LogP contribution >= 0.6 is 11.3 Å². The van der Waals surface area contributed by atoms with Crippen LogP contribution in [0.3, 0.4) is 0 Å². The van der Waals surface area contributed by atoms with Crippen LogP contribution in [-0.2, 0) is 0 Å². The summed E-state index contributed by atoms with van der Waals surface area (Å²) in [5.41, 5.74) is 2.52. The number of nitrogens with zero attached hydrogens (tertiary/aromatic N) is 3. The van der Waals surface area contributed by atoms with E-state index in [1.165, 1.54) is 11.3 Å². The van der Waals surface area contributed by atoms with E-state index in [0.29, 0.717) is 15.8 Å². The van der Waals surface area contributed by atoms with Gasteiger partial charge in [-0.2, -0.15) is 0 Å². The number of amides is 1. The van der Waals surface area contributed by atoms with Crippen molar-refractivity contribution >= 4 is 33.7 Å². The van der Waals surface area contributed by atoms with Crippen LogP contribution in [0.2, 0.25) is 0 Å². The van der Waals surface area contributed by atoms with Crippen LogP contribution < -0.4 is 5.32 Å². The highest BCUT2D eigenvalue weighted by atomic mass is 32.1. The van der Waals surface area contributed by atoms with Crippen molar-refractivity contribution in [2.45, 2.75) is 6.92 Å². The number of hydrogen-bond acceptors (Lipinski definition) is 5. The molecule has 0 atom stereocenters. The van der Waals surface area contributed by atoms with Crippen LogP contribution in [0, 0.1) is 6.92 Å². The molecule has 114 valence electrons. The highest BCUT2D eigenvalue weighted by Crippen LogP contribution is 2.23. The maximum atomic E-state index is 12.2. The van der Waals surface area contributed by atoms with Crippen molar-refractivity contribution in [3.8, 4) is 0 Å². The Morgan fingerprint density at radius 3 is 2.61 bits per heavy atom. The van der Waals surface area contributed by atoms with Crippen LogP contribution in [0.4, 0.5) is 10.3 Å². The molecule has 2 aromatic carbocycles. The van der Waals surface area contributed by atoms with Crippen LogP contribution in [0.1, 0.15) is 21.5 Å². The SMILES string of the molecule is Cc1ccccc1C(=O)Nc1nnc(N=Cc2ccccc2)s1. The summed E-state index contributed by atoms with van der Waals surface area (Å²) in [4.78, 5) is 16.5. The van der Waals surface area contributed by atoms with Crippen molar-refractivity contribution < 1.29 is 4.79 Å². The Morgan fingerprint density at radius 1 is 1.09 bits per heavy atom. The highest BCUT2D eigenvalue weighted by Gasteiger charge is 2.11. The molecule has 0 fully saturated rings. The van der Waals surface area contributed by atoms with Crippen LogP contribution in [0.15, 0.2) is 59.6 Å². The Kier molecular flexibility index (Phi) is 4.54. The Labute approximate surface area is 137 Å². The van der Waals surface area contributed by atoms with Gasteiger partial charge in [0.05, 0.1) is 0 Å². The predicted molar refractivity (Wildman–Crippen MR) is 92.7 cm³/mol. The van der Waals surface area contributed by atoms with Crippen molar-refractivity contribution in [1.82, 2.24) is 10.2 Å². The number of aromatic nitrogens is 2. The van der Waals surface area contributed by atoms with Crippen LogP contribution in [-0.4, -0.2) is 22.3 Å². The van der Waals surface area contributed by atoms with Crippen molar-refractivity contribution in [2.75, 3.05) is 5.32 Å². The number of benzene rings is 2. The fourth-order valence-corrected chi connectivity index (χ4v) is 2.56. The Balaban J connectivity index is 1.69. The number of aryl methyl sites for hydroxylation is 1. The predicted octanol–water partition coefficient (Wildman–Crippen LogP) is 3.85. The number of carbonyl (C=O) groups excluding carboxylic acids is 1. The van der Waals surface area contributed by atoms with Gasteiger partial charge in [-0.25, -0.2) is 4.99 Å². The average molecular weight is 322 g/mol. The Hall–Kier alpha value is -2.86. The molecular weight excluding hydrogens is 308 g/mol. The molecule has 0 radical (unpaired) electrons. The Bertz CT molecular complexity index is 843. The van der Waals surface area contributed by atoms with Crippen molar-refractivity contribution in [3.05, 3.63) is 71.3 Å². The molecular formula is C17H14N4OS. The molecule has 0 saturated heterocycles. The van der Waals surface area contributed by atoms with Gasteiger partial charge >= 0.3 is 0 Å². The largest absolute Gasteiger partial charge is 0.296 e. The third-order valence-corrected chi connectivity index (χ3v) is 3.89. The first-order valence-corrected chi connectivity index (χ1v) is 7.83. The molecule has 0 bridgehead atoms. The topological polar surface area (TPSA) is 67.2 Å². The summed E-state index contributed by atoms with van der Waals surface area (Å²) >= 11 is 1.23. The van der Waals surface area contributed by atoms with E-state index in [0.717, 1.165) is 11.1 Å². The van der Waals surface area contributed by atoms with E-state index in [1.807, 2.05) is 55.5 Å². The van der Waals surface area contributed by atoms with Gasteiger partial charge in [0.2, 0.25) is 10.3 Å².